The Kier molecular flexibility index (Phi) is 4.59. The molecule has 132 valence electrons. The lowest BCUT2D eigenvalue weighted by Gasteiger charge is -2.05. The van der Waals surface area contributed by atoms with Crippen molar-refractivity contribution >= 4 is 38.8 Å². The highest BCUT2D eigenvalue weighted by atomic mass is 32.1. The molecule has 0 fully saturated rings. The second-order valence-electron chi connectivity index (χ2n) is 5.41. The van der Waals surface area contributed by atoms with Crippen molar-refractivity contribution in [2.45, 2.75) is 13.5 Å². The molecule has 0 unspecified atom stereocenters. The van der Waals surface area contributed by atoms with E-state index in [1.807, 2.05) is 24.3 Å². The van der Waals surface area contributed by atoms with Gasteiger partial charge in [-0.05, 0) is 19.1 Å². The van der Waals surface area contributed by atoms with E-state index in [1.54, 1.807) is 0 Å². The van der Waals surface area contributed by atoms with Crippen LogP contribution in [0.4, 0.5) is 11.4 Å². The number of nitrogens with zero attached hydrogens (tertiary/aromatic N) is 3. The van der Waals surface area contributed by atoms with Crippen LogP contribution < -0.4 is 5.32 Å². The van der Waals surface area contributed by atoms with Crippen molar-refractivity contribution in [3.8, 4) is 0 Å². The first-order chi connectivity index (χ1) is 12.4. The number of carbonyl (C=O) groups excluding carboxylic acids is 1. The molecule has 26 heavy (non-hydrogen) atoms. The Morgan fingerprint density at radius 2 is 1.77 bits per heavy atom. The van der Waals surface area contributed by atoms with Gasteiger partial charge in [-0.2, -0.15) is 0 Å². The molecule has 0 atom stereocenters. The fraction of sp³-hybridized carbons (Fsp3) is 0.125. The second-order valence-corrected chi connectivity index (χ2v) is 6.53. The van der Waals surface area contributed by atoms with Crippen LogP contribution in [0.5, 0.6) is 0 Å². The Hall–Kier alpha value is -3.40. The number of para-hydroxylation sites is 1. The number of nitro groups is 2. The second kappa shape index (κ2) is 6.84. The average Bonchev–Trinajstić information content (AvgIpc) is 3.02. The fourth-order valence-electron chi connectivity index (χ4n) is 2.45. The molecular formula is C16H12N4O5S. The summed E-state index contributed by atoms with van der Waals surface area (Å²) in [7, 11) is 0. The smallest absolute Gasteiger partial charge is 0.279 e. The van der Waals surface area contributed by atoms with Crippen molar-refractivity contribution in [1.82, 2.24) is 10.3 Å². The van der Waals surface area contributed by atoms with Crippen LogP contribution in [0.15, 0.2) is 36.4 Å². The Balaban J connectivity index is 1.84. The highest BCUT2D eigenvalue weighted by Gasteiger charge is 2.25. The van der Waals surface area contributed by atoms with Gasteiger partial charge in [0, 0.05) is 12.1 Å². The summed E-state index contributed by atoms with van der Waals surface area (Å²) in [5.74, 6) is -0.643. The van der Waals surface area contributed by atoms with Crippen molar-refractivity contribution in [3.63, 3.8) is 0 Å². The van der Waals surface area contributed by atoms with Crippen molar-refractivity contribution < 1.29 is 14.6 Å². The highest BCUT2D eigenvalue weighted by molar-refractivity contribution is 7.18. The summed E-state index contributed by atoms with van der Waals surface area (Å²) in [6.45, 7) is 1.40. The van der Waals surface area contributed by atoms with Crippen molar-refractivity contribution in [2.75, 3.05) is 0 Å². The van der Waals surface area contributed by atoms with Gasteiger partial charge in [-0.15, -0.1) is 11.3 Å². The molecule has 1 amide bonds. The third-order valence-electron chi connectivity index (χ3n) is 3.75. The molecule has 1 N–H and O–H groups in total. The minimum absolute atomic E-state index is 0.0947. The minimum atomic E-state index is -0.743. The average molecular weight is 372 g/mol. The van der Waals surface area contributed by atoms with Crippen LogP contribution in [0.1, 0.15) is 20.9 Å². The van der Waals surface area contributed by atoms with Crippen molar-refractivity contribution in [2.24, 2.45) is 0 Å². The van der Waals surface area contributed by atoms with Crippen LogP contribution in [0, 0.1) is 27.2 Å². The fourth-order valence-corrected chi connectivity index (χ4v) is 3.35. The molecule has 0 saturated carbocycles. The van der Waals surface area contributed by atoms with Gasteiger partial charge in [0.05, 0.1) is 32.2 Å². The normalized spacial score (nSPS) is 10.7. The van der Waals surface area contributed by atoms with E-state index < -0.39 is 27.1 Å². The molecule has 0 aliphatic heterocycles. The summed E-state index contributed by atoms with van der Waals surface area (Å²) >= 11 is 1.41. The number of amides is 1. The van der Waals surface area contributed by atoms with Gasteiger partial charge in [0.2, 0.25) is 0 Å². The maximum atomic E-state index is 12.3. The first-order valence-corrected chi connectivity index (χ1v) is 8.24. The molecule has 0 spiro atoms. The van der Waals surface area contributed by atoms with Crippen LogP contribution in [-0.2, 0) is 6.54 Å². The number of benzene rings is 2. The molecular weight excluding hydrogens is 360 g/mol. The van der Waals surface area contributed by atoms with Gasteiger partial charge >= 0.3 is 0 Å². The SMILES string of the molecule is Cc1c([N+](=O)[O-])cc(C(=O)NCc2nc3ccccc3s2)cc1[N+](=O)[O-]. The van der Waals surface area contributed by atoms with Gasteiger partial charge in [0.25, 0.3) is 17.3 Å². The number of hydrogen-bond acceptors (Lipinski definition) is 7. The Labute approximate surface area is 150 Å². The zero-order valence-corrected chi connectivity index (χ0v) is 14.3. The van der Waals surface area contributed by atoms with E-state index >= 15 is 0 Å². The molecule has 2 aromatic carbocycles. The van der Waals surface area contributed by atoms with E-state index in [0.717, 1.165) is 22.3 Å². The van der Waals surface area contributed by atoms with E-state index in [4.69, 9.17) is 0 Å². The summed E-state index contributed by atoms with van der Waals surface area (Å²) in [6, 6.07) is 9.57. The van der Waals surface area contributed by atoms with Crippen molar-refractivity contribution in [3.05, 3.63) is 72.8 Å². The molecule has 3 rings (SSSR count). The monoisotopic (exact) mass is 372 g/mol. The topological polar surface area (TPSA) is 128 Å². The van der Waals surface area contributed by atoms with Gasteiger partial charge in [0.1, 0.15) is 10.6 Å². The van der Waals surface area contributed by atoms with Gasteiger partial charge < -0.3 is 5.32 Å². The molecule has 10 heteroatoms. The summed E-state index contributed by atoms with van der Waals surface area (Å²) in [5, 5.41) is 25.4. The zero-order chi connectivity index (χ0) is 18.8. The summed E-state index contributed by atoms with van der Waals surface area (Å²) < 4.78 is 0.971. The summed E-state index contributed by atoms with van der Waals surface area (Å²) in [5.41, 5.74) is -0.366. The van der Waals surface area contributed by atoms with E-state index in [0.29, 0.717) is 5.01 Å². The highest BCUT2D eigenvalue weighted by Crippen LogP contribution is 2.29. The van der Waals surface area contributed by atoms with E-state index in [1.165, 1.54) is 18.3 Å². The summed E-state index contributed by atoms with van der Waals surface area (Å²) in [6.07, 6.45) is 0. The maximum Gasteiger partial charge on any atom is 0.279 e. The number of carbonyl (C=O) groups is 1. The lowest BCUT2D eigenvalue weighted by Crippen LogP contribution is -2.23. The minimum Gasteiger partial charge on any atom is -0.346 e. The predicted molar refractivity (Wildman–Crippen MR) is 95.3 cm³/mol. The molecule has 0 aliphatic carbocycles. The molecule has 0 bridgehead atoms. The van der Waals surface area contributed by atoms with Crippen LogP contribution >= 0.6 is 11.3 Å². The van der Waals surface area contributed by atoms with Crippen molar-refractivity contribution in [1.29, 1.82) is 0 Å². The molecule has 1 aromatic heterocycles. The lowest BCUT2D eigenvalue weighted by molar-refractivity contribution is -0.395. The number of nitrogens with one attached hydrogen (secondary N) is 1. The van der Waals surface area contributed by atoms with Crippen LogP contribution in [0.3, 0.4) is 0 Å². The number of rotatable bonds is 5. The van der Waals surface area contributed by atoms with Gasteiger partial charge in [-0.1, -0.05) is 12.1 Å². The molecule has 3 aromatic rings. The predicted octanol–water partition coefficient (Wildman–Crippen LogP) is 3.35. The van der Waals surface area contributed by atoms with Gasteiger partial charge in [-0.25, -0.2) is 4.98 Å². The maximum absolute atomic E-state index is 12.3. The van der Waals surface area contributed by atoms with E-state index in [-0.39, 0.29) is 17.7 Å². The summed E-state index contributed by atoms with van der Waals surface area (Å²) in [4.78, 5) is 37.4. The molecule has 0 saturated heterocycles. The standard InChI is InChI=1S/C16H12N4O5S/c1-9-12(19(22)23)6-10(7-13(9)20(24)25)16(21)17-8-15-18-11-4-2-3-5-14(11)26-15/h2-7H,8H2,1H3,(H,17,21). The van der Waals surface area contributed by atoms with Crippen LogP contribution in [0.25, 0.3) is 10.2 Å². The van der Waals surface area contributed by atoms with Crippen LogP contribution in [-0.4, -0.2) is 20.7 Å². The Morgan fingerprint density at radius 1 is 1.15 bits per heavy atom. The third-order valence-corrected chi connectivity index (χ3v) is 4.78. The number of thiazole rings is 1. The van der Waals surface area contributed by atoms with E-state index in [2.05, 4.69) is 10.3 Å². The molecule has 0 radical (unpaired) electrons. The first-order valence-electron chi connectivity index (χ1n) is 7.43. The zero-order valence-electron chi connectivity index (χ0n) is 13.5. The molecule has 9 nitrogen and oxygen atoms in total. The number of aromatic nitrogens is 1. The number of nitro benzene ring substituents is 2. The lowest BCUT2D eigenvalue weighted by atomic mass is 10.1. The quantitative estimate of drug-likeness (QED) is 0.540. The third kappa shape index (κ3) is 3.35. The number of hydrogen-bond donors (Lipinski definition) is 1. The first kappa shape index (κ1) is 17.4. The largest absolute Gasteiger partial charge is 0.346 e. The number of fused-ring (bicyclic) bond motifs is 1. The molecule has 1 heterocycles. The van der Waals surface area contributed by atoms with Gasteiger partial charge in [0.15, 0.2) is 0 Å². The van der Waals surface area contributed by atoms with Crippen LogP contribution in [0.2, 0.25) is 0 Å². The Bertz CT molecular complexity index is 978. The van der Waals surface area contributed by atoms with E-state index in [9.17, 15) is 25.0 Å². The van der Waals surface area contributed by atoms with Gasteiger partial charge in [-0.3, -0.25) is 25.0 Å². The molecule has 0 aliphatic rings. The Morgan fingerprint density at radius 3 is 2.35 bits per heavy atom.